The molecular weight excluding hydrogens is 218 g/mol. The van der Waals surface area contributed by atoms with E-state index in [9.17, 15) is 4.79 Å². The summed E-state index contributed by atoms with van der Waals surface area (Å²) in [4.78, 5) is 21.4. The van der Waals surface area contributed by atoms with Gasteiger partial charge in [0.05, 0.1) is 6.34 Å². The zero-order chi connectivity index (χ0) is 12.4. The minimum atomic E-state index is -0.584. The maximum absolute atomic E-state index is 11.3. The molecule has 0 spiro atoms. The van der Waals surface area contributed by atoms with Gasteiger partial charge in [0.15, 0.2) is 11.5 Å². The van der Waals surface area contributed by atoms with Crippen molar-refractivity contribution in [2.75, 3.05) is 14.1 Å². The molecule has 0 saturated heterocycles. The fourth-order valence-corrected chi connectivity index (χ4v) is 1.44. The third-order valence-corrected chi connectivity index (χ3v) is 2.15. The van der Waals surface area contributed by atoms with Gasteiger partial charge in [0, 0.05) is 20.3 Å². The lowest BCUT2D eigenvalue weighted by Crippen LogP contribution is -2.12. The van der Waals surface area contributed by atoms with Gasteiger partial charge in [-0.05, 0) is 12.1 Å². The number of imidazole rings is 1. The van der Waals surface area contributed by atoms with E-state index in [4.69, 9.17) is 5.73 Å². The molecule has 0 atom stereocenters. The first kappa shape index (κ1) is 11.1. The summed E-state index contributed by atoms with van der Waals surface area (Å²) in [6, 6.07) is 5.47. The van der Waals surface area contributed by atoms with Gasteiger partial charge < -0.3 is 10.6 Å². The van der Waals surface area contributed by atoms with Crippen LogP contribution in [0.5, 0.6) is 0 Å². The van der Waals surface area contributed by atoms with Crippen LogP contribution >= 0.6 is 0 Å². The Hall–Kier alpha value is -2.37. The fraction of sp³-hybridized carbons (Fsp3) is 0.182. The largest absolute Gasteiger partial charge is 0.369 e. The molecule has 0 aliphatic carbocycles. The van der Waals surface area contributed by atoms with Crippen LogP contribution in [-0.4, -0.2) is 40.6 Å². The van der Waals surface area contributed by atoms with E-state index in [0.29, 0.717) is 11.5 Å². The molecule has 0 aromatic carbocycles. The molecule has 1 amide bonds. The van der Waals surface area contributed by atoms with Crippen LogP contribution in [0.15, 0.2) is 29.4 Å². The Morgan fingerprint density at radius 1 is 1.53 bits per heavy atom. The second-order valence-corrected chi connectivity index (χ2v) is 3.79. The van der Waals surface area contributed by atoms with Crippen molar-refractivity contribution in [2.24, 2.45) is 10.7 Å². The lowest BCUT2D eigenvalue weighted by Gasteiger charge is -2.02. The van der Waals surface area contributed by atoms with E-state index >= 15 is 0 Å². The van der Waals surface area contributed by atoms with E-state index in [-0.39, 0.29) is 5.69 Å². The van der Waals surface area contributed by atoms with Crippen molar-refractivity contribution >= 4 is 23.7 Å². The van der Waals surface area contributed by atoms with Crippen molar-refractivity contribution in [1.29, 1.82) is 0 Å². The summed E-state index contributed by atoms with van der Waals surface area (Å²) in [5.74, 6) is -0.138. The minimum absolute atomic E-state index is 0.175. The molecule has 17 heavy (non-hydrogen) atoms. The average molecular weight is 231 g/mol. The molecule has 0 saturated carbocycles. The van der Waals surface area contributed by atoms with Crippen LogP contribution in [0.2, 0.25) is 0 Å². The van der Waals surface area contributed by atoms with Crippen molar-refractivity contribution in [2.45, 2.75) is 0 Å². The Morgan fingerprint density at radius 2 is 2.29 bits per heavy atom. The number of pyridine rings is 1. The highest BCUT2D eigenvalue weighted by Gasteiger charge is 2.15. The normalized spacial score (nSPS) is 11.2. The van der Waals surface area contributed by atoms with Crippen molar-refractivity contribution in [3.05, 3.63) is 30.1 Å². The number of hydrogen-bond donors (Lipinski definition) is 1. The highest BCUT2D eigenvalue weighted by atomic mass is 16.1. The second-order valence-electron chi connectivity index (χ2n) is 3.79. The predicted molar refractivity (Wildman–Crippen MR) is 65.5 cm³/mol. The van der Waals surface area contributed by atoms with Gasteiger partial charge in [-0.1, -0.05) is 6.07 Å². The number of carbonyl (C=O) groups is 1. The number of carbonyl (C=O) groups excluding carboxylic acids is 1. The zero-order valence-corrected chi connectivity index (χ0v) is 9.66. The van der Waals surface area contributed by atoms with Crippen molar-refractivity contribution in [1.82, 2.24) is 14.3 Å². The Morgan fingerprint density at radius 3 is 2.94 bits per heavy atom. The summed E-state index contributed by atoms with van der Waals surface area (Å²) in [6.07, 6.45) is 3.39. The molecular formula is C11H13N5O. The second kappa shape index (κ2) is 4.25. The minimum Gasteiger partial charge on any atom is -0.369 e. The standard InChI is InChI=1S/C11H13N5O/c1-15(2)7-13-11-9(10(12)17)14-8-5-3-4-6-16(8)11/h3-7H,1-2H3,(H2,12,17). The van der Waals surface area contributed by atoms with Gasteiger partial charge in [-0.2, -0.15) is 0 Å². The molecule has 0 aliphatic heterocycles. The molecule has 0 unspecified atom stereocenters. The van der Waals surface area contributed by atoms with Gasteiger partial charge in [-0.15, -0.1) is 0 Å². The highest BCUT2D eigenvalue weighted by Crippen LogP contribution is 2.20. The maximum Gasteiger partial charge on any atom is 0.271 e. The summed E-state index contributed by atoms with van der Waals surface area (Å²) < 4.78 is 1.72. The summed E-state index contributed by atoms with van der Waals surface area (Å²) in [5.41, 5.74) is 6.10. The van der Waals surface area contributed by atoms with Crippen LogP contribution in [0.1, 0.15) is 10.5 Å². The van der Waals surface area contributed by atoms with E-state index in [1.165, 1.54) is 0 Å². The van der Waals surface area contributed by atoms with Crippen molar-refractivity contribution in [3.63, 3.8) is 0 Å². The van der Waals surface area contributed by atoms with Crippen LogP contribution in [0.4, 0.5) is 5.82 Å². The predicted octanol–water partition coefficient (Wildman–Crippen LogP) is 0.655. The molecule has 0 radical (unpaired) electrons. The summed E-state index contributed by atoms with van der Waals surface area (Å²) in [7, 11) is 3.69. The van der Waals surface area contributed by atoms with E-state index in [1.807, 2.05) is 26.2 Å². The number of aliphatic imine (C=N–C) groups is 1. The van der Waals surface area contributed by atoms with Gasteiger partial charge in [0.25, 0.3) is 5.91 Å². The van der Waals surface area contributed by atoms with E-state index in [1.54, 1.807) is 27.9 Å². The van der Waals surface area contributed by atoms with Crippen molar-refractivity contribution in [3.8, 4) is 0 Å². The fourth-order valence-electron chi connectivity index (χ4n) is 1.44. The number of rotatable bonds is 3. The number of primary amides is 1. The number of amides is 1. The molecule has 2 aromatic rings. The quantitative estimate of drug-likeness (QED) is 0.622. The van der Waals surface area contributed by atoms with Crippen molar-refractivity contribution < 1.29 is 4.79 Å². The average Bonchev–Trinajstić information content (AvgIpc) is 2.65. The molecule has 88 valence electrons. The smallest absolute Gasteiger partial charge is 0.271 e. The SMILES string of the molecule is CN(C)C=Nc1c(C(N)=O)nc2ccccn12. The molecule has 2 aromatic heterocycles. The summed E-state index contributed by atoms with van der Waals surface area (Å²) in [5, 5.41) is 0. The summed E-state index contributed by atoms with van der Waals surface area (Å²) >= 11 is 0. The molecule has 2 heterocycles. The number of aromatic nitrogens is 2. The van der Waals surface area contributed by atoms with E-state index < -0.39 is 5.91 Å². The van der Waals surface area contributed by atoms with Gasteiger partial charge in [0.2, 0.25) is 0 Å². The lowest BCUT2D eigenvalue weighted by molar-refractivity contribution is 0.0997. The van der Waals surface area contributed by atoms with Crippen LogP contribution in [0.25, 0.3) is 5.65 Å². The first-order chi connectivity index (χ1) is 8.09. The zero-order valence-electron chi connectivity index (χ0n) is 9.66. The molecule has 6 heteroatoms. The Bertz CT molecular complexity index is 585. The monoisotopic (exact) mass is 231 g/mol. The van der Waals surface area contributed by atoms with E-state index in [2.05, 4.69) is 9.98 Å². The van der Waals surface area contributed by atoms with Crippen LogP contribution in [0.3, 0.4) is 0 Å². The van der Waals surface area contributed by atoms with E-state index in [0.717, 1.165) is 0 Å². The molecule has 6 nitrogen and oxygen atoms in total. The first-order valence-corrected chi connectivity index (χ1v) is 5.07. The lowest BCUT2D eigenvalue weighted by atomic mass is 10.4. The number of nitrogens with two attached hydrogens (primary N) is 1. The maximum atomic E-state index is 11.3. The number of fused-ring (bicyclic) bond motifs is 1. The number of hydrogen-bond acceptors (Lipinski definition) is 3. The Balaban J connectivity index is 2.64. The molecule has 2 N–H and O–H groups in total. The van der Waals surface area contributed by atoms with Crippen LogP contribution in [0, 0.1) is 0 Å². The third kappa shape index (κ3) is 2.10. The highest BCUT2D eigenvalue weighted by molar-refractivity contribution is 5.96. The third-order valence-electron chi connectivity index (χ3n) is 2.15. The van der Waals surface area contributed by atoms with Gasteiger partial charge >= 0.3 is 0 Å². The van der Waals surface area contributed by atoms with Crippen LogP contribution in [-0.2, 0) is 0 Å². The Kier molecular flexibility index (Phi) is 2.78. The topological polar surface area (TPSA) is 76.0 Å². The van der Waals surface area contributed by atoms with Crippen LogP contribution < -0.4 is 5.73 Å². The van der Waals surface area contributed by atoms with Gasteiger partial charge in [-0.25, -0.2) is 9.98 Å². The molecule has 0 aliphatic rings. The molecule has 0 bridgehead atoms. The summed E-state index contributed by atoms with van der Waals surface area (Å²) in [6.45, 7) is 0. The van der Waals surface area contributed by atoms with Gasteiger partial charge in [-0.3, -0.25) is 9.20 Å². The van der Waals surface area contributed by atoms with Gasteiger partial charge in [0.1, 0.15) is 5.65 Å². The number of nitrogens with zero attached hydrogens (tertiary/aromatic N) is 4. The molecule has 0 fully saturated rings. The Labute approximate surface area is 98.4 Å². The first-order valence-electron chi connectivity index (χ1n) is 5.07. The molecule has 2 rings (SSSR count).